The van der Waals surface area contributed by atoms with E-state index in [4.69, 9.17) is 4.74 Å². The zero-order valence-corrected chi connectivity index (χ0v) is 9.44. The van der Waals surface area contributed by atoms with Gasteiger partial charge in [-0.2, -0.15) is 0 Å². The molecule has 0 heterocycles. The average molecular weight is 211 g/mol. The van der Waals surface area contributed by atoms with Crippen molar-refractivity contribution < 1.29 is 4.74 Å². The van der Waals surface area contributed by atoms with E-state index in [-0.39, 0.29) is 0 Å². The summed E-state index contributed by atoms with van der Waals surface area (Å²) in [5.41, 5.74) is 2.36. The largest absolute Gasteiger partial charge is 0.488 e. The van der Waals surface area contributed by atoms with Gasteiger partial charge >= 0.3 is 0 Å². The van der Waals surface area contributed by atoms with E-state index >= 15 is 0 Å². The number of rotatable bonds is 4. The molecule has 0 bridgehead atoms. The minimum Gasteiger partial charge on any atom is -0.488 e. The SMILES string of the molecule is CCc1[c]c(OCc2ccccc2)ccc1. The molecule has 1 nitrogen and oxygen atoms in total. The molecule has 0 saturated carbocycles. The molecule has 2 aromatic carbocycles. The monoisotopic (exact) mass is 211 g/mol. The fourth-order valence-electron chi connectivity index (χ4n) is 1.52. The van der Waals surface area contributed by atoms with E-state index in [9.17, 15) is 0 Å². The Morgan fingerprint density at radius 1 is 1.00 bits per heavy atom. The van der Waals surface area contributed by atoms with Gasteiger partial charge in [0.2, 0.25) is 0 Å². The van der Waals surface area contributed by atoms with Crippen LogP contribution >= 0.6 is 0 Å². The van der Waals surface area contributed by atoms with Crippen molar-refractivity contribution >= 4 is 0 Å². The normalized spacial score (nSPS) is 10.1. The zero-order valence-electron chi connectivity index (χ0n) is 9.44. The molecule has 2 rings (SSSR count). The first kappa shape index (κ1) is 10.7. The Labute approximate surface area is 96.7 Å². The molecule has 0 spiro atoms. The van der Waals surface area contributed by atoms with Gasteiger partial charge in [-0.05, 0) is 23.6 Å². The lowest BCUT2D eigenvalue weighted by molar-refractivity contribution is 0.305. The van der Waals surface area contributed by atoms with Crippen LogP contribution in [0.4, 0.5) is 0 Å². The second-order valence-electron chi connectivity index (χ2n) is 3.67. The Morgan fingerprint density at radius 3 is 2.56 bits per heavy atom. The summed E-state index contributed by atoms with van der Waals surface area (Å²) in [6.45, 7) is 2.72. The summed E-state index contributed by atoms with van der Waals surface area (Å²) in [6, 6.07) is 19.4. The highest BCUT2D eigenvalue weighted by Gasteiger charge is 1.97. The summed E-state index contributed by atoms with van der Waals surface area (Å²) in [5.74, 6) is 0.822. The van der Waals surface area contributed by atoms with E-state index in [0.717, 1.165) is 12.2 Å². The summed E-state index contributed by atoms with van der Waals surface area (Å²) in [7, 11) is 0. The third-order valence-electron chi connectivity index (χ3n) is 2.45. The highest BCUT2D eigenvalue weighted by Crippen LogP contribution is 2.14. The van der Waals surface area contributed by atoms with E-state index in [1.165, 1.54) is 11.1 Å². The van der Waals surface area contributed by atoms with Gasteiger partial charge in [0.05, 0.1) is 0 Å². The predicted molar refractivity (Wildman–Crippen MR) is 65.4 cm³/mol. The Kier molecular flexibility index (Phi) is 3.60. The van der Waals surface area contributed by atoms with Crippen molar-refractivity contribution in [1.29, 1.82) is 0 Å². The Balaban J connectivity index is 1.99. The van der Waals surface area contributed by atoms with Crippen LogP contribution in [0.3, 0.4) is 0 Å². The molecule has 0 aliphatic carbocycles. The molecule has 0 saturated heterocycles. The molecular formula is C15H15O. The fraction of sp³-hybridized carbons (Fsp3) is 0.200. The first-order chi connectivity index (χ1) is 7.88. The lowest BCUT2D eigenvalue weighted by Crippen LogP contribution is -1.95. The molecule has 0 atom stereocenters. The van der Waals surface area contributed by atoms with Gasteiger partial charge in [-0.25, -0.2) is 0 Å². The first-order valence-corrected chi connectivity index (χ1v) is 5.56. The van der Waals surface area contributed by atoms with Crippen LogP contribution < -0.4 is 4.74 Å². The van der Waals surface area contributed by atoms with Gasteiger partial charge in [0.15, 0.2) is 0 Å². The van der Waals surface area contributed by atoms with Crippen LogP contribution in [0.5, 0.6) is 5.75 Å². The van der Waals surface area contributed by atoms with E-state index < -0.39 is 0 Å². The van der Waals surface area contributed by atoms with Gasteiger partial charge in [0.25, 0.3) is 0 Å². The zero-order chi connectivity index (χ0) is 11.2. The Morgan fingerprint density at radius 2 is 1.81 bits per heavy atom. The number of aryl methyl sites for hydroxylation is 1. The highest BCUT2D eigenvalue weighted by molar-refractivity contribution is 5.27. The van der Waals surface area contributed by atoms with Crippen LogP contribution in [0.1, 0.15) is 18.1 Å². The van der Waals surface area contributed by atoms with Gasteiger partial charge in [-0.3, -0.25) is 0 Å². The molecule has 1 heteroatoms. The lowest BCUT2D eigenvalue weighted by Gasteiger charge is -2.06. The maximum atomic E-state index is 5.68. The van der Waals surface area contributed by atoms with Gasteiger partial charge in [-0.1, -0.05) is 49.4 Å². The summed E-state index contributed by atoms with van der Waals surface area (Å²) >= 11 is 0. The Hall–Kier alpha value is -1.76. The summed E-state index contributed by atoms with van der Waals surface area (Å²) in [6.07, 6.45) is 0.989. The Bertz CT molecular complexity index is 434. The van der Waals surface area contributed by atoms with Gasteiger partial charge in [0, 0.05) is 6.07 Å². The van der Waals surface area contributed by atoms with Gasteiger partial charge in [-0.15, -0.1) is 0 Å². The van der Waals surface area contributed by atoms with Crippen molar-refractivity contribution in [3.05, 3.63) is 65.7 Å². The molecule has 2 aromatic rings. The van der Waals surface area contributed by atoms with E-state index in [1.807, 2.05) is 30.3 Å². The molecule has 1 radical (unpaired) electrons. The minimum atomic E-state index is 0.602. The van der Waals surface area contributed by atoms with Crippen molar-refractivity contribution in [3.8, 4) is 5.75 Å². The van der Waals surface area contributed by atoms with Crippen LogP contribution in [0, 0.1) is 6.07 Å². The number of benzene rings is 2. The number of hydrogen-bond acceptors (Lipinski definition) is 1. The minimum absolute atomic E-state index is 0.602. The van der Waals surface area contributed by atoms with Crippen molar-refractivity contribution in [2.45, 2.75) is 20.0 Å². The smallest absolute Gasteiger partial charge is 0.128 e. The quantitative estimate of drug-likeness (QED) is 0.750. The predicted octanol–water partition coefficient (Wildman–Crippen LogP) is 3.63. The second-order valence-corrected chi connectivity index (χ2v) is 3.67. The van der Waals surface area contributed by atoms with Crippen molar-refractivity contribution in [3.63, 3.8) is 0 Å². The van der Waals surface area contributed by atoms with Crippen LogP contribution in [0.2, 0.25) is 0 Å². The van der Waals surface area contributed by atoms with Gasteiger partial charge in [0.1, 0.15) is 12.4 Å². The second kappa shape index (κ2) is 5.36. The molecule has 0 aliphatic heterocycles. The summed E-state index contributed by atoms with van der Waals surface area (Å²) in [5, 5.41) is 0. The highest BCUT2D eigenvalue weighted by atomic mass is 16.5. The van der Waals surface area contributed by atoms with Crippen LogP contribution in [-0.4, -0.2) is 0 Å². The molecule has 0 aliphatic rings. The van der Waals surface area contributed by atoms with Crippen molar-refractivity contribution in [1.82, 2.24) is 0 Å². The standard InChI is InChI=1S/C15H15O/c1-2-13-9-6-10-15(11-13)16-12-14-7-4-3-5-8-14/h3-10H,2,12H2,1H3. The maximum absolute atomic E-state index is 5.68. The fourth-order valence-corrected chi connectivity index (χ4v) is 1.52. The summed E-state index contributed by atoms with van der Waals surface area (Å²) in [4.78, 5) is 0. The lowest BCUT2D eigenvalue weighted by atomic mass is 10.2. The van der Waals surface area contributed by atoms with Crippen molar-refractivity contribution in [2.75, 3.05) is 0 Å². The molecular weight excluding hydrogens is 196 g/mol. The molecule has 0 fully saturated rings. The van der Waals surface area contributed by atoms with Crippen LogP contribution in [0.15, 0.2) is 48.5 Å². The summed E-state index contributed by atoms with van der Waals surface area (Å²) < 4.78 is 5.68. The van der Waals surface area contributed by atoms with E-state index in [2.05, 4.69) is 31.2 Å². The van der Waals surface area contributed by atoms with Gasteiger partial charge < -0.3 is 4.74 Å². The average Bonchev–Trinajstić information content (AvgIpc) is 2.38. The molecule has 0 amide bonds. The first-order valence-electron chi connectivity index (χ1n) is 5.56. The van der Waals surface area contributed by atoms with Crippen LogP contribution in [0.25, 0.3) is 0 Å². The third kappa shape index (κ3) is 2.86. The third-order valence-corrected chi connectivity index (χ3v) is 2.45. The van der Waals surface area contributed by atoms with E-state index in [0.29, 0.717) is 6.61 Å². The molecule has 81 valence electrons. The maximum Gasteiger partial charge on any atom is 0.128 e. The topological polar surface area (TPSA) is 9.23 Å². The molecule has 16 heavy (non-hydrogen) atoms. The molecule has 0 aromatic heterocycles. The number of ether oxygens (including phenoxy) is 1. The molecule has 0 N–H and O–H groups in total. The van der Waals surface area contributed by atoms with E-state index in [1.54, 1.807) is 0 Å². The molecule has 0 unspecified atom stereocenters. The number of hydrogen-bond donors (Lipinski definition) is 0. The van der Waals surface area contributed by atoms with Crippen LogP contribution in [-0.2, 0) is 13.0 Å². The van der Waals surface area contributed by atoms with Crippen molar-refractivity contribution in [2.24, 2.45) is 0 Å².